The maximum Gasteiger partial charge on any atom is 0.184 e. The predicted octanol–water partition coefficient (Wildman–Crippen LogP) is 2.87. The first kappa shape index (κ1) is 16.0. The van der Waals surface area contributed by atoms with E-state index in [0.717, 1.165) is 24.5 Å². The first-order valence-corrected chi connectivity index (χ1v) is 8.31. The topological polar surface area (TPSA) is 51.2 Å². The van der Waals surface area contributed by atoms with Crippen molar-refractivity contribution in [2.75, 3.05) is 39.4 Å². The van der Waals surface area contributed by atoms with Crippen LogP contribution in [0.2, 0.25) is 0 Å². The minimum Gasteiger partial charge on any atom is -0.497 e. The zero-order valence-corrected chi connectivity index (χ0v) is 14.4. The summed E-state index contributed by atoms with van der Waals surface area (Å²) in [5, 5.41) is 11.8. The molecule has 1 aromatic carbocycles. The SMILES string of the molecule is COc1cc(OC)c(OC)c(N2Cc3sccc3C(CO)C2)c1. The second kappa shape index (κ2) is 6.68. The van der Waals surface area contributed by atoms with Crippen molar-refractivity contribution in [3.05, 3.63) is 34.0 Å². The van der Waals surface area contributed by atoms with Crippen LogP contribution in [0.3, 0.4) is 0 Å². The van der Waals surface area contributed by atoms with Crippen molar-refractivity contribution in [1.82, 2.24) is 0 Å². The highest BCUT2D eigenvalue weighted by atomic mass is 32.1. The maximum absolute atomic E-state index is 9.75. The number of benzene rings is 1. The highest BCUT2D eigenvalue weighted by Crippen LogP contribution is 2.44. The third-order valence-electron chi connectivity index (χ3n) is 4.22. The first-order chi connectivity index (χ1) is 11.2. The summed E-state index contributed by atoms with van der Waals surface area (Å²) in [6.07, 6.45) is 0. The van der Waals surface area contributed by atoms with Crippen LogP contribution in [-0.4, -0.2) is 39.6 Å². The molecule has 1 unspecified atom stereocenters. The van der Waals surface area contributed by atoms with Crippen LogP contribution in [0, 0.1) is 0 Å². The fraction of sp³-hybridized carbons (Fsp3) is 0.412. The fourth-order valence-electron chi connectivity index (χ4n) is 3.06. The van der Waals surface area contributed by atoms with Crippen molar-refractivity contribution in [2.24, 2.45) is 0 Å². The Morgan fingerprint density at radius 2 is 2.04 bits per heavy atom. The molecule has 0 fully saturated rings. The monoisotopic (exact) mass is 335 g/mol. The van der Waals surface area contributed by atoms with Gasteiger partial charge in [-0.05, 0) is 17.0 Å². The van der Waals surface area contributed by atoms with Gasteiger partial charge in [-0.3, -0.25) is 0 Å². The van der Waals surface area contributed by atoms with Gasteiger partial charge in [0.05, 0.1) is 40.2 Å². The zero-order valence-electron chi connectivity index (χ0n) is 13.5. The second-order valence-electron chi connectivity index (χ2n) is 5.44. The van der Waals surface area contributed by atoms with Crippen LogP contribution in [0.15, 0.2) is 23.6 Å². The van der Waals surface area contributed by atoms with Crippen molar-refractivity contribution >= 4 is 17.0 Å². The summed E-state index contributed by atoms with van der Waals surface area (Å²) < 4.78 is 16.4. The van der Waals surface area contributed by atoms with E-state index in [-0.39, 0.29) is 12.5 Å². The number of aliphatic hydroxyl groups excluding tert-OH is 1. The molecule has 1 aliphatic rings. The molecule has 0 saturated heterocycles. The minimum atomic E-state index is 0.104. The van der Waals surface area contributed by atoms with Gasteiger partial charge in [0.25, 0.3) is 0 Å². The highest BCUT2D eigenvalue weighted by Gasteiger charge is 2.29. The smallest absolute Gasteiger partial charge is 0.184 e. The van der Waals surface area contributed by atoms with Gasteiger partial charge < -0.3 is 24.2 Å². The van der Waals surface area contributed by atoms with Gasteiger partial charge >= 0.3 is 0 Å². The summed E-state index contributed by atoms with van der Waals surface area (Å²) in [7, 11) is 4.89. The summed E-state index contributed by atoms with van der Waals surface area (Å²) in [4.78, 5) is 3.49. The molecule has 0 spiro atoms. The van der Waals surface area contributed by atoms with Crippen molar-refractivity contribution in [2.45, 2.75) is 12.5 Å². The molecule has 1 N–H and O–H groups in total. The number of aliphatic hydroxyl groups is 1. The van der Waals surface area contributed by atoms with Gasteiger partial charge in [-0.15, -0.1) is 11.3 Å². The van der Waals surface area contributed by atoms with E-state index in [1.807, 2.05) is 12.1 Å². The number of thiophene rings is 1. The first-order valence-electron chi connectivity index (χ1n) is 7.43. The van der Waals surface area contributed by atoms with Crippen molar-refractivity contribution in [3.8, 4) is 17.2 Å². The number of anilines is 1. The molecular weight excluding hydrogens is 314 g/mol. The van der Waals surface area contributed by atoms with Crippen LogP contribution in [0.1, 0.15) is 16.4 Å². The van der Waals surface area contributed by atoms with Crippen molar-refractivity contribution in [1.29, 1.82) is 0 Å². The standard InChI is InChI=1S/C17H21NO4S/c1-20-12-6-14(17(22-3)15(7-12)21-2)18-8-11(10-19)13-4-5-23-16(13)9-18/h4-7,11,19H,8-10H2,1-3H3. The molecule has 1 atom stereocenters. The Bertz CT molecular complexity index is 685. The second-order valence-corrected chi connectivity index (χ2v) is 6.44. The van der Waals surface area contributed by atoms with Crippen LogP contribution < -0.4 is 19.1 Å². The Morgan fingerprint density at radius 1 is 1.22 bits per heavy atom. The van der Waals surface area contributed by atoms with Gasteiger partial charge in [0.15, 0.2) is 11.5 Å². The summed E-state index contributed by atoms with van der Waals surface area (Å²) in [5.41, 5.74) is 2.17. The lowest BCUT2D eigenvalue weighted by atomic mass is 9.95. The average Bonchev–Trinajstić information content (AvgIpc) is 3.07. The predicted molar refractivity (Wildman–Crippen MR) is 91.3 cm³/mol. The summed E-state index contributed by atoms with van der Waals surface area (Å²) in [6.45, 7) is 1.65. The largest absolute Gasteiger partial charge is 0.497 e. The lowest BCUT2D eigenvalue weighted by Crippen LogP contribution is -2.34. The van der Waals surface area contributed by atoms with Crippen LogP contribution in [0.4, 0.5) is 5.69 Å². The van der Waals surface area contributed by atoms with E-state index < -0.39 is 0 Å². The number of hydrogen-bond acceptors (Lipinski definition) is 6. The minimum absolute atomic E-state index is 0.104. The summed E-state index contributed by atoms with van der Waals surface area (Å²) >= 11 is 1.72. The van der Waals surface area contributed by atoms with Gasteiger partial charge in [-0.2, -0.15) is 0 Å². The molecule has 0 amide bonds. The van der Waals surface area contributed by atoms with Crippen molar-refractivity contribution < 1.29 is 19.3 Å². The lowest BCUT2D eigenvalue weighted by molar-refractivity contribution is 0.262. The number of hydrogen-bond donors (Lipinski definition) is 1. The molecule has 0 aliphatic carbocycles. The Hall–Kier alpha value is -1.92. The van der Waals surface area contributed by atoms with E-state index in [1.165, 1.54) is 10.4 Å². The van der Waals surface area contributed by atoms with Crippen LogP contribution >= 0.6 is 11.3 Å². The number of fused-ring (bicyclic) bond motifs is 1. The van der Waals surface area contributed by atoms with Crippen LogP contribution in [-0.2, 0) is 6.54 Å². The fourth-order valence-corrected chi connectivity index (χ4v) is 4.04. The van der Waals surface area contributed by atoms with E-state index in [9.17, 15) is 5.11 Å². The Morgan fingerprint density at radius 3 is 2.70 bits per heavy atom. The molecule has 2 heterocycles. The molecule has 3 rings (SSSR count). The number of nitrogens with zero attached hydrogens (tertiary/aromatic N) is 1. The molecule has 124 valence electrons. The molecule has 6 heteroatoms. The maximum atomic E-state index is 9.75. The lowest BCUT2D eigenvalue weighted by Gasteiger charge is -2.34. The molecular formula is C17H21NO4S. The van der Waals surface area contributed by atoms with E-state index in [2.05, 4.69) is 16.3 Å². The molecule has 2 aromatic rings. The highest BCUT2D eigenvalue weighted by molar-refractivity contribution is 7.10. The van der Waals surface area contributed by atoms with E-state index >= 15 is 0 Å². The van der Waals surface area contributed by atoms with E-state index in [4.69, 9.17) is 14.2 Å². The number of rotatable bonds is 5. The Kier molecular flexibility index (Phi) is 4.63. The van der Waals surface area contributed by atoms with Crippen LogP contribution in [0.5, 0.6) is 17.2 Å². The number of methoxy groups -OCH3 is 3. The van der Waals surface area contributed by atoms with E-state index in [0.29, 0.717) is 11.5 Å². The van der Waals surface area contributed by atoms with Gasteiger partial charge in [0.1, 0.15) is 5.75 Å². The summed E-state index contributed by atoms with van der Waals surface area (Å²) in [6, 6.07) is 5.88. The molecule has 0 radical (unpaired) electrons. The summed E-state index contributed by atoms with van der Waals surface area (Å²) in [5.74, 6) is 2.14. The van der Waals surface area contributed by atoms with Crippen LogP contribution in [0.25, 0.3) is 0 Å². The molecule has 0 saturated carbocycles. The average molecular weight is 335 g/mol. The number of ether oxygens (including phenoxy) is 3. The van der Waals surface area contributed by atoms with Crippen molar-refractivity contribution in [3.63, 3.8) is 0 Å². The molecule has 0 bridgehead atoms. The normalized spacial score (nSPS) is 16.9. The third kappa shape index (κ3) is 2.84. The molecule has 1 aromatic heterocycles. The Balaban J connectivity index is 2.04. The molecule has 23 heavy (non-hydrogen) atoms. The third-order valence-corrected chi connectivity index (χ3v) is 5.15. The molecule has 5 nitrogen and oxygen atoms in total. The Labute approximate surface area is 140 Å². The van der Waals surface area contributed by atoms with Gasteiger partial charge in [-0.25, -0.2) is 0 Å². The van der Waals surface area contributed by atoms with E-state index in [1.54, 1.807) is 32.7 Å². The van der Waals surface area contributed by atoms with Gasteiger partial charge in [-0.1, -0.05) is 0 Å². The van der Waals surface area contributed by atoms with Gasteiger partial charge in [0.2, 0.25) is 0 Å². The zero-order chi connectivity index (χ0) is 16.4. The quantitative estimate of drug-likeness (QED) is 0.910. The molecule has 1 aliphatic heterocycles. The van der Waals surface area contributed by atoms with Gasteiger partial charge in [0, 0.05) is 29.5 Å².